The largest absolute Gasteiger partial charge is 0.480 e. The van der Waals surface area contributed by atoms with Crippen LogP contribution >= 0.6 is 23.2 Å². The van der Waals surface area contributed by atoms with E-state index in [9.17, 15) is 14.7 Å². The summed E-state index contributed by atoms with van der Waals surface area (Å²) >= 11 is 12.2. The minimum absolute atomic E-state index is 0.0147. The van der Waals surface area contributed by atoms with E-state index in [1.54, 1.807) is 18.3 Å². The monoisotopic (exact) mass is 534 g/mol. The van der Waals surface area contributed by atoms with Gasteiger partial charge in [-0.25, -0.2) is 4.79 Å². The maximum Gasteiger partial charge on any atom is 0.326 e. The Kier molecular flexibility index (Phi) is 8.57. The van der Waals surface area contributed by atoms with Crippen molar-refractivity contribution in [3.05, 3.63) is 105 Å². The lowest BCUT2D eigenvalue weighted by molar-refractivity contribution is -0.139. The second-order valence-corrected chi connectivity index (χ2v) is 9.54. The Morgan fingerprint density at radius 1 is 1.11 bits per heavy atom. The molecule has 0 fully saturated rings. The van der Waals surface area contributed by atoms with Gasteiger partial charge in [0.05, 0.1) is 27.2 Å². The first-order chi connectivity index (χ1) is 17.8. The summed E-state index contributed by atoms with van der Waals surface area (Å²) < 4.78 is 0. The van der Waals surface area contributed by atoms with Crippen LogP contribution in [0.1, 0.15) is 39.2 Å². The molecule has 7 nitrogen and oxygen atoms in total. The second-order valence-electron chi connectivity index (χ2n) is 8.73. The van der Waals surface area contributed by atoms with E-state index >= 15 is 0 Å². The number of nitrogens with zero attached hydrogens (tertiary/aromatic N) is 3. The van der Waals surface area contributed by atoms with Crippen molar-refractivity contribution in [1.29, 1.82) is 5.26 Å². The predicted molar refractivity (Wildman–Crippen MR) is 142 cm³/mol. The number of nitrogens with one attached hydrogen (secondary N) is 1. The molecule has 0 unspecified atom stereocenters. The topological polar surface area (TPSA) is 106 Å². The number of amides is 1. The molecule has 0 saturated heterocycles. The molecule has 37 heavy (non-hydrogen) atoms. The van der Waals surface area contributed by atoms with Crippen molar-refractivity contribution in [2.24, 2.45) is 0 Å². The molecule has 0 radical (unpaired) electrons. The molecule has 2 aromatic carbocycles. The van der Waals surface area contributed by atoms with Gasteiger partial charge in [0.25, 0.3) is 5.91 Å². The Morgan fingerprint density at radius 3 is 2.41 bits per heavy atom. The zero-order chi connectivity index (χ0) is 26.4. The molecule has 1 aliphatic heterocycles. The molecule has 3 aromatic rings. The van der Waals surface area contributed by atoms with Crippen LogP contribution in [-0.2, 0) is 17.8 Å². The van der Waals surface area contributed by atoms with Gasteiger partial charge in [0.1, 0.15) is 6.04 Å². The van der Waals surface area contributed by atoms with Crippen LogP contribution < -0.4 is 5.32 Å². The quantitative estimate of drug-likeness (QED) is 0.422. The molecule has 0 spiro atoms. The van der Waals surface area contributed by atoms with Crippen LogP contribution in [0.5, 0.6) is 0 Å². The SMILES string of the molecule is N#Cc1ccc(CN2CC=C(c3ccc(C[C@H](NC(=O)c4c(Cl)cccc4Cl)C(=O)O)nc3)CC2)cc1. The Balaban J connectivity index is 1.36. The molecule has 1 aliphatic rings. The zero-order valence-electron chi connectivity index (χ0n) is 19.8. The molecular formula is C28H24Cl2N4O3. The number of nitriles is 1. The lowest BCUT2D eigenvalue weighted by atomic mass is 9.99. The number of benzene rings is 2. The summed E-state index contributed by atoms with van der Waals surface area (Å²) in [4.78, 5) is 31.2. The van der Waals surface area contributed by atoms with Crippen LogP contribution in [0, 0.1) is 11.3 Å². The molecule has 1 amide bonds. The summed E-state index contributed by atoms with van der Waals surface area (Å²) in [6.45, 7) is 2.51. The molecule has 1 atom stereocenters. The number of carboxylic acid groups (broad SMARTS) is 1. The smallest absolute Gasteiger partial charge is 0.326 e. The molecule has 2 N–H and O–H groups in total. The number of halogens is 2. The first kappa shape index (κ1) is 26.4. The van der Waals surface area contributed by atoms with Crippen molar-refractivity contribution in [1.82, 2.24) is 15.2 Å². The third-order valence-electron chi connectivity index (χ3n) is 6.18. The van der Waals surface area contributed by atoms with E-state index in [-0.39, 0.29) is 22.0 Å². The number of carbonyl (C=O) groups excluding carboxylic acids is 1. The number of aromatic nitrogens is 1. The zero-order valence-corrected chi connectivity index (χ0v) is 21.3. The van der Waals surface area contributed by atoms with Crippen LogP contribution in [0.15, 0.2) is 66.9 Å². The van der Waals surface area contributed by atoms with Crippen molar-refractivity contribution in [3.63, 3.8) is 0 Å². The third-order valence-corrected chi connectivity index (χ3v) is 6.81. The number of hydrogen-bond acceptors (Lipinski definition) is 5. The number of aliphatic carboxylic acids is 1. The Morgan fingerprint density at radius 2 is 1.84 bits per heavy atom. The normalized spacial score (nSPS) is 14.4. The van der Waals surface area contributed by atoms with E-state index in [1.165, 1.54) is 23.3 Å². The minimum atomic E-state index is -1.19. The van der Waals surface area contributed by atoms with Gasteiger partial charge in [-0.1, -0.05) is 53.5 Å². The van der Waals surface area contributed by atoms with E-state index in [4.69, 9.17) is 28.5 Å². The van der Waals surface area contributed by atoms with Crippen LogP contribution in [-0.4, -0.2) is 46.0 Å². The molecule has 0 bridgehead atoms. The number of carboxylic acids is 1. The van der Waals surface area contributed by atoms with Gasteiger partial charge in [0, 0.05) is 37.9 Å². The average molecular weight is 535 g/mol. The van der Waals surface area contributed by atoms with E-state index < -0.39 is 17.9 Å². The Labute approximate surface area is 225 Å². The highest BCUT2D eigenvalue weighted by Crippen LogP contribution is 2.25. The van der Waals surface area contributed by atoms with Gasteiger partial charge in [0.2, 0.25) is 0 Å². The first-order valence-corrected chi connectivity index (χ1v) is 12.4. The van der Waals surface area contributed by atoms with Gasteiger partial charge in [-0.15, -0.1) is 0 Å². The fourth-order valence-electron chi connectivity index (χ4n) is 4.15. The first-order valence-electron chi connectivity index (χ1n) is 11.7. The summed E-state index contributed by atoms with van der Waals surface area (Å²) in [7, 11) is 0. The van der Waals surface area contributed by atoms with Gasteiger partial charge in [0.15, 0.2) is 0 Å². The fourth-order valence-corrected chi connectivity index (χ4v) is 4.72. The summed E-state index contributed by atoms with van der Waals surface area (Å²) in [5, 5.41) is 21.4. The van der Waals surface area contributed by atoms with Crippen molar-refractivity contribution in [2.45, 2.75) is 25.4 Å². The molecule has 9 heteroatoms. The van der Waals surface area contributed by atoms with Crippen molar-refractivity contribution in [3.8, 4) is 6.07 Å². The van der Waals surface area contributed by atoms with Gasteiger partial charge in [-0.3, -0.25) is 14.7 Å². The number of rotatable bonds is 8. The summed E-state index contributed by atoms with van der Waals surface area (Å²) in [5.41, 5.74) is 4.58. The molecule has 188 valence electrons. The molecule has 1 aromatic heterocycles. The number of carbonyl (C=O) groups is 2. The lowest BCUT2D eigenvalue weighted by Gasteiger charge is -2.26. The maximum atomic E-state index is 12.6. The highest BCUT2D eigenvalue weighted by Gasteiger charge is 2.24. The fraction of sp³-hybridized carbons (Fsp3) is 0.214. The van der Waals surface area contributed by atoms with Crippen molar-refractivity contribution in [2.75, 3.05) is 13.1 Å². The molecule has 0 saturated carbocycles. The van der Waals surface area contributed by atoms with Crippen LogP contribution in [0.3, 0.4) is 0 Å². The van der Waals surface area contributed by atoms with Gasteiger partial charge < -0.3 is 10.4 Å². The van der Waals surface area contributed by atoms with Crippen LogP contribution in [0.4, 0.5) is 0 Å². The number of hydrogen-bond donors (Lipinski definition) is 2. The average Bonchev–Trinajstić information content (AvgIpc) is 2.89. The molecule has 2 heterocycles. The van der Waals surface area contributed by atoms with Gasteiger partial charge in [-0.05, 0) is 53.5 Å². The molecule has 0 aliphatic carbocycles. The standard InChI is InChI=1S/C28H24Cl2N4O3/c29-23-2-1-3-24(30)26(23)27(35)33-25(28(36)37)14-22-9-8-21(16-32-22)20-10-12-34(13-11-20)17-19-6-4-18(15-31)5-7-19/h1-10,16,25H,11-14,17H2,(H,33,35)(H,36,37)/t25-/m0/s1. The summed E-state index contributed by atoms with van der Waals surface area (Å²) in [6, 6.07) is 16.9. The summed E-state index contributed by atoms with van der Waals surface area (Å²) in [6.07, 6.45) is 4.80. The van der Waals surface area contributed by atoms with Gasteiger partial charge in [-0.2, -0.15) is 5.26 Å². The molecular weight excluding hydrogens is 511 g/mol. The minimum Gasteiger partial charge on any atom is -0.480 e. The summed E-state index contributed by atoms with van der Waals surface area (Å²) in [5.74, 6) is -1.84. The van der Waals surface area contributed by atoms with E-state index in [2.05, 4.69) is 27.3 Å². The predicted octanol–water partition coefficient (Wildman–Crippen LogP) is 4.98. The maximum absolute atomic E-state index is 12.6. The van der Waals surface area contributed by atoms with E-state index in [0.717, 1.165) is 31.6 Å². The highest BCUT2D eigenvalue weighted by atomic mass is 35.5. The van der Waals surface area contributed by atoms with Crippen LogP contribution in [0.25, 0.3) is 5.57 Å². The van der Waals surface area contributed by atoms with E-state index in [0.29, 0.717) is 11.3 Å². The number of pyridine rings is 1. The van der Waals surface area contributed by atoms with Crippen LogP contribution in [0.2, 0.25) is 10.0 Å². The Hall–Kier alpha value is -3.70. The third kappa shape index (κ3) is 6.75. The van der Waals surface area contributed by atoms with E-state index in [1.807, 2.05) is 30.3 Å². The Bertz CT molecular complexity index is 1350. The second kappa shape index (κ2) is 12.0. The van der Waals surface area contributed by atoms with Crippen molar-refractivity contribution >= 4 is 40.7 Å². The van der Waals surface area contributed by atoms with Crippen molar-refractivity contribution < 1.29 is 14.7 Å². The molecule has 4 rings (SSSR count). The van der Waals surface area contributed by atoms with Gasteiger partial charge >= 0.3 is 5.97 Å². The lowest BCUT2D eigenvalue weighted by Crippen LogP contribution is -2.42. The highest BCUT2D eigenvalue weighted by molar-refractivity contribution is 6.39.